The third-order valence-corrected chi connectivity index (χ3v) is 3.50. The average Bonchev–Trinajstić information content (AvgIpc) is 2.76. The van der Waals surface area contributed by atoms with E-state index in [-0.39, 0.29) is 0 Å². The molecule has 1 heterocycles. The molecule has 2 nitrogen and oxygen atoms in total. The molecule has 1 saturated carbocycles. The fourth-order valence-electron chi connectivity index (χ4n) is 2.75. The first-order chi connectivity index (χ1) is 6.42. The van der Waals surface area contributed by atoms with Crippen LogP contribution in [0.1, 0.15) is 25.7 Å². The first kappa shape index (κ1) is 9.22. The molecule has 0 aromatic rings. The van der Waals surface area contributed by atoms with E-state index in [4.69, 9.17) is 5.73 Å². The number of rotatable bonds is 3. The van der Waals surface area contributed by atoms with Crippen molar-refractivity contribution in [2.45, 2.75) is 31.7 Å². The summed E-state index contributed by atoms with van der Waals surface area (Å²) in [4.78, 5) is 2.52. The highest BCUT2D eigenvalue weighted by molar-refractivity contribution is 4.99. The van der Waals surface area contributed by atoms with Crippen molar-refractivity contribution in [2.75, 3.05) is 19.6 Å². The van der Waals surface area contributed by atoms with Gasteiger partial charge in [-0.15, -0.1) is 0 Å². The molecule has 0 aromatic heterocycles. The quantitative estimate of drug-likeness (QED) is 0.665. The highest BCUT2D eigenvalue weighted by Crippen LogP contribution is 2.30. The van der Waals surface area contributed by atoms with Crippen molar-refractivity contribution in [3.63, 3.8) is 0 Å². The van der Waals surface area contributed by atoms with Crippen molar-refractivity contribution in [1.29, 1.82) is 0 Å². The summed E-state index contributed by atoms with van der Waals surface area (Å²) in [5, 5.41) is 0. The van der Waals surface area contributed by atoms with E-state index in [1.807, 2.05) is 0 Å². The lowest BCUT2D eigenvalue weighted by molar-refractivity contribution is 0.188. The predicted octanol–water partition coefficient (Wildman–Crippen LogP) is 1.38. The van der Waals surface area contributed by atoms with Gasteiger partial charge in [0.1, 0.15) is 0 Å². The van der Waals surface area contributed by atoms with Crippen LogP contribution >= 0.6 is 0 Å². The maximum Gasteiger partial charge on any atom is 0.0253 e. The summed E-state index contributed by atoms with van der Waals surface area (Å²) < 4.78 is 0. The fourth-order valence-corrected chi connectivity index (χ4v) is 2.75. The van der Waals surface area contributed by atoms with E-state index in [0.717, 1.165) is 25.6 Å². The van der Waals surface area contributed by atoms with Gasteiger partial charge in [-0.3, -0.25) is 4.90 Å². The summed E-state index contributed by atoms with van der Waals surface area (Å²) >= 11 is 0. The van der Waals surface area contributed by atoms with Crippen molar-refractivity contribution in [2.24, 2.45) is 11.7 Å². The lowest BCUT2D eigenvalue weighted by atomic mass is 9.97. The standard InChI is InChI=1S/C11H20N2/c12-9-11(10-5-1-2-6-10)13-7-3-4-8-13/h3-4,10-11H,1-2,5-9,12H2. The lowest BCUT2D eigenvalue weighted by Gasteiger charge is -2.31. The van der Waals surface area contributed by atoms with E-state index in [1.54, 1.807) is 0 Å². The Morgan fingerprint density at radius 3 is 2.38 bits per heavy atom. The van der Waals surface area contributed by atoms with Crippen LogP contribution in [0, 0.1) is 5.92 Å². The second-order valence-electron chi connectivity index (χ2n) is 4.27. The SMILES string of the molecule is NCC(C1CCCC1)N1CC=CC1. The Kier molecular flexibility index (Phi) is 3.01. The molecule has 0 saturated heterocycles. The molecule has 2 N–H and O–H groups in total. The van der Waals surface area contributed by atoms with Crippen molar-refractivity contribution in [3.05, 3.63) is 12.2 Å². The molecule has 2 aliphatic rings. The fraction of sp³-hybridized carbons (Fsp3) is 0.818. The van der Waals surface area contributed by atoms with Crippen molar-refractivity contribution in [1.82, 2.24) is 4.90 Å². The minimum Gasteiger partial charge on any atom is -0.329 e. The zero-order chi connectivity index (χ0) is 9.10. The van der Waals surface area contributed by atoms with Gasteiger partial charge in [0, 0.05) is 25.7 Å². The molecule has 0 bridgehead atoms. The van der Waals surface area contributed by atoms with E-state index in [0.29, 0.717) is 6.04 Å². The van der Waals surface area contributed by atoms with Crippen LogP contribution in [0.25, 0.3) is 0 Å². The van der Waals surface area contributed by atoms with E-state index in [1.165, 1.54) is 25.7 Å². The second kappa shape index (κ2) is 4.25. The monoisotopic (exact) mass is 180 g/mol. The van der Waals surface area contributed by atoms with Crippen LogP contribution in [-0.4, -0.2) is 30.6 Å². The molecule has 1 atom stereocenters. The van der Waals surface area contributed by atoms with Crippen molar-refractivity contribution < 1.29 is 0 Å². The summed E-state index contributed by atoms with van der Waals surface area (Å²) in [5.74, 6) is 0.880. The lowest BCUT2D eigenvalue weighted by Crippen LogP contribution is -2.43. The second-order valence-corrected chi connectivity index (χ2v) is 4.27. The molecule has 0 amide bonds. The topological polar surface area (TPSA) is 29.3 Å². The third kappa shape index (κ3) is 1.94. The molecular formula is C11H20N2. The molecule has 0 spiro atoms. The van der Waals surface area contributed by atoms with Gasteiger partial charge in [-0.25, -0.2) is 0 Å². The highest BCUT2D eigenvalue weighted by Gasteiger charge is 2.28. The van der Waals surface area contributed by atoms with E-state index in [2.05, 4.69) is 17.1 Å². The first-order valence-corrected chi connectivity index (χ1v) is 5.51. The Morgan fingerprint density at radius 2 is 1.85 bits per heavy atom. The Hall–Kier alpha value is -0.340. The van der Waals surface area contributed by atoms with Gasteiger partial charge in [0.25, 0.3) is 0 Å². The zero-order valence-electron chi connectivity index (χ0n) is 8.28. The first-order valence-electron chi connectivity index (χ1n) is 5.51. The minimum absolute atomic E-state index is 0.650. The maximum atomic E-state index is 5.86. The van der Waals surface area contributed by atoms with Crippen LogP contribution in [0.3, 0.4) is 0 Å². The maximum absolute atomic E-state index is 5.86. The Balaban J connectivity index is 1.91. The van der Waals surface area contributed by atoms with E-state index >= 15 is 0 Å². The van der Waals surface area contributed by atoms with Crippen LogP contribution in [0.2, 0.25) is 0 Å². The van der Waals surface area contributed by atoms with Gasteiger partial charge in [-0.05, 0) is 18.8 Å². The molecule has 1 unspecified atom stereocenters. The summed E-state index contributed by atoms with van der Waals surface area (Å²) in [6, 6.07) is 0.650. The molecule has 0 aromatic carbocycles. The van der Waals surface area contributed by atoms with Gasteiger partial charge < -0.3 is 5.73 Å². The van der Waals surface area contributed by atoms with Crippen LogP contribution < -0.4 is 5.73 Å². The van der Waals surface area contributed by atoms with Gasteiger partial charge in [-0.2, -0.15) is 0 Å². The summed E-state index contributed by atoms with van der Waals surface area (Å²) in [5.41, 5.74) is 5.86. The van der Waals surface area contributed by atoms with Crippen LogP contribution in [0.5, 0.6) is 0 Å². The molecule has 13 heavy (non-hydrogen) atoms. The van der Waals surface area contributed by atoms with Crippen LogP contribution in [-0.2, 0) is 0 Å². The van der Waals surface area contributed by atoms with Gasteiger partial charge in [0.2, 0.25) is 0 Å². The van der Waals surface area contributed by atoms with Crippen LogP contribution in [0.15, 0.2) is 12.2 Å². The summed E-state index contributed by atoms with van der Waals surface area (Å²) in [6.45, 7) is 3.09. The van der Waals surface area contributed by atoms with Crippen molar-refractivity contribution in [3.8, 4) is 0 Å². The molecule has 2 heteroatoms. The van der Waals surface area contributed by atoms with Crippen LogP contribution in [0.4, 0.5) is 0 Å². The highest BCUT2D eigenvalue weighted by atomic mass is 15.2. The summed E-state index contributed by atoms with van der Waals surface area (Å²) in [7, 11) is 0. The number of nitrogens with two attached hydrogens (primary N) is 1. The van der Waals surface area contributed by atoms with Gasteiger partial charge >= 0.3 is 0 Å². The molecule has 1 fully saturated rings. The Bertz CT molecular complexity index is 173. The molecule has 74 valence electrons. The van der Waals surface area contributed by atoms with Gasteiger partial charge in [0.05, 0.1) is 0 Å². The Morgan fingerprint density at radius 1 is 1.23 bits per heavy atom. The molecule has 2 rings (SSSR count). The average molecular weight is 180 g/mol. The van der Waals surface area contributed by atoms with E-state index < -0.39 is 0 Å². The number of nitrogens with zero attached hydrogens (tertiary/aromatic N) is 1. The normalized spacial score (nSPS) is 27.2. The summed E-state index contributed by atoms with van der Waals surface area (Å²) in [6.07, 6.45) is 10.2. The van der Waals surface area contributed by atoms with E-state index in [9.17, 15) is 0 Å². The van der Waals surface area contributed by atoms with Gasteiger partial charge in [0.15, 0.2) is 0 Å². The number of hydrogen-bond donors (Lipinski definition) is 1. The molecule has 1 aliphatic heterocycles. The van der Waals surface area contributed by atoms with Crippen molar-refractivity contribution >= 4 is 0 Å². The smallest absolute Gasteiger partial charge is 0.0253 e. The molecule has 1 aliphatic carbocycles. The largest absolute Gasteiger partial charge is 0.329 e. The third-order valence-electron chi connectivity index (χ3n) is 3.50. The number of hydrogen-bond acceptors (Lipinski definition) is 2. The molecular weight excluding hydrogens is 160 g/mol. The molecule has 0 radical (unpaired) electrons. The predicted molar refractivity (Wildman–Crippen MR) is 55.5 cm³/mol. The zero-order valence-corrected chi connectivity index (χ0v) is 8.28. The minimum atomic E-state index is 0.650. The Labute approximate surface area is 80.8 Å². The van der Waals surface area contributed by atoms with Gasteiger partial charge in [-0.1, -0.05) is 25.0 Å².